The summed E-state index contributed by atoms with van der Waals surface area (Å²) in [6.45, 7) is 2.76. The van der Waals surface area contributed by atoms with Gasteiger partial charge in [-0.2, -0.15) is 0 Å². The summed E-state index contributed by atoms with van der Waals surface area (Å²) < 4.78 is 11.2. The molecule has 0 aliphatic carbocycles. The Morgan fingerprint density at radius 1 is 1.20 bits per heavy atom. The lowest BCUT2D eigenvalue weighted by Gasteiger charge is -2.11. The largest absolute Gasteiger partial charge is 0.493 e. The molecule has 0 amide bonds. The van der Waals surface area contributed by atoms with Gasteiger partial charge in [0.15, 0.2) is 11.5 Å². The zero-order chi connectivity index (χ0) is 17.8. The Balaban J connectivity index is 1.92. The Labute approximate surface area is 145 Å². The molecular weight excluding hydrogens is 320 g/mol. The predicted octanol–water partition coefficient (Wildman–Crippen LogP) is 4.12. The van der Waals surface area contributed by atoms with Crippen LogP contribution in [0.2, 0.25) is 0 Å². The van der Waals surface area contributed by atoms with Crippen molar-refractivity contribution in [3.8, 4) is 22.9 Å². The van der Waals surface area contributed by atoms with Gasteiger partial charge in [0.25, 0.3) is 0 Å². The number of aromatic nitrogens is 2. The van der Waals surface area contributed by atoms with Crippen LogP contribution in [0.3, 0.4) is 0 Å². The van der Waals surface area contributed by atoms with Crippen LogP contribution < -0.4 is 9.47 Å². The summed E-state index contributed by atoms with van der Waals surface area (Å²) in [5, 5.41) is 9.09. The average Bonchev–Trinajstić information content (AvgIpc) is 3.05. The van der Waals surface area contributed by atoms with Crippen molar-refractivity contribution in [2.45, 2.75) is 19.8 Å². The van der Waals surface area contributed by atoms with Crippen LogP contribution in [0.25, 0.3) is 22.4 Å². The Bertz CT molecular complexity index is 902. The first-order valence-electron chi connectivity index (χ1n) is 8.16. The molecule has 1 aromatic heterocycles. The second-order valence-corrected chi connectivity index (χ2v) is 5.69. The summed E-state index contributed by atoms with van der Waals surface area (Å²) in [4.78, 5) is 18.8. The molecule has 0 atom stereocenters. The average molecular weight is 340 g/mol. The number of fused-ring (bicyclic) bond motifs is 1. The molecule has 0 bridgehead atoms. The number of aromatic carboxylic acids is 1. The van der Waals surface area contributed by atoms with Crippen molar-refractivity contribution in [1.29, 1.82) is 0 Å². The van der Waals surface area contributed by atoms with Gasteiger partial charge in [0.2, 0.25) is 0 Å². The third kappa shape index (κ3) is 3.57. The fraction of sp³-hybridized carbons (Fsp3) is 0.263. The van der Waals surface area contributed by atoms with E-state index in [1.54, 1.807) is 25.3 Å². The predicted molar refractivity (Wildman–Crippen MR) is 95.4 cm³/mol. The zero-order valence-electron chi connectivity index (χ0n) is 14.2. The minimum Gasteiger partial charge on any atom is -0.493 e. The molecule has 0 radical (unpaired) electrons. The number of rotatable bonds is 7. The van der Waals surface area contributed by atoms with Crippen molar-refractivity contribution in [3.63, 3.8) is 0 Å². The normalized spacial score (nSPS) is 10.8. The van der Waals surface area contributed by atoms with Crippen LogP contribution in [-0.2, 0) is 0 Å². The summed E-state index contributed by atoms with van der Waals surface area (Å²) in [5.41, 5.74) is 2.45. The van der Waals surface area contributed by atoms with Crippen LogP contribution in [0.15, 0.2) is 36.4 Å². The van der Waals surface area contributed by atoms with E-state index in [9.17, 15) is 4.79 Å². The molecular formula is C19H20N2O4. The fourth-order valence-corrected chi connectivity index (χ4v) is 2.54. The van der Waals surface area contributed by atoms with Crippen LogP contribution in [0.4, 0.5) is 0 Å². The second-order valence-electron chi connectivity index (χ2n) is 5.69. The van der Waals surface area contributed by atoms with Crippen molar-refractivity contribution < 1.29 is 19.4 Å². The molecule has 0 fully saturated rings. The number of carboxylic acid groups (broad SMARTS) is 1. The standard InChI is InChI=1S/C19H20N2O4/c1-3-4-9-25-16-8-6-12(11-17(16)24-2)18-20-14-7-5-13(19(22)23)10-15(14)21-18/h5-8,10-11H,3-4,9H2,1-2H3,(H,20,21)(H,22,23). The molecule has 6 heteroatoms. The highest BCUT2D eigenvalue weighted by Crippen LogP contribution is 2.32. The highest BCUT2D eigenvalue weighted by molar-refractivity contribution is 5.93. The number of hydrogen-bond donors (Lipinski definition) is 2. The lowest BCUT2D eigenvalue weighted by molar-refractivity contribution is 0.0697. The van der Waals surface area contributed by atoms with Crippen LogP contribution in [0.5, 0.6) is 11.5 Å². The number of nitrogens with zero attached hydrogens (tertiary/aromatic N) is 1. The van der Waals surface area contributed by atoms with E-state index in [0.717, 1.165) is 18.4 Å². The molecule has 0 aliphatic rings. The summed E-state index contributed by atoms with van der Waals surface area (Å²) >= 11 is 0. The van der Waals surface area contributed by atoms with Gasteiger partial charge in [0.05, 0.1) is 30.3 Å². The maximum absolute atomic E-state index is 11.1. The monoisotopic (exact) mass is 340 g/mol. The molecule has 0 spiro atoms. The van der Waals surface area contributed by atoms with E-state index in [1.807, 2.05) is 18.2 Å². The summed E-state index contributed by atoms with van der Waals surface area (Å²) in [6.07, 6.45) is 2.05. The molecule has 2 N–H and O–H groups in total. The minimum atomic E-state index is -0.965. The molecule has 3 aromatic rings. The van der Waals surface area contributed by atoms with Gasteiger partial charge < -0.3 is 19.6 Å². The summed E-state index contributed by atoms with van der Waals surface area (Å²) in [5.74, 6) is 1.02. The maximum Gasteiger partial charge on any atom is 0.335 e. The van der Waals surface area contributed by atoms with E-state index >= 15 is 0 Å². The van der Waals surface area contributed by atoms with E-state index in [-0.39, 0.29) is 5.56 Å². The van der Waals surface area contributed by atoms with Crippen LogP contribution in [0, 0.1) is 0 Å². The SMILES string of the molecule is CCCCOc1ccc(-c2nc3ccc(C(=O)O)cc3[nH]2)cc1OC. The first kappa shape index (κ1) is 16.8. The number of nitrogens with one attached hydrogen (secondary N) is 1. The Kier molecular flexibility index (Phi) is 4.88. The molecule has 2 aromatic carbocycles. The number of ether oxygens (including phenoxy) is 2. The number of H-pyrrole nitrogens is 1. The number of imidazole rings is 1. The fourth-order valence-electron chi connectivity index (χ4n) is 2.54. The lowest BCUT2D eigenvalue weighted by atomic mass is 10.2. The molecule has 0 aliphatic heterocycles. The van der Waals surface area contributed by atoms with Crippen LogP contribution in [0.1, 0.15) is 30.1 Å². The number of aromatic amines is 1. The number of methoxy groups -OCH3 is 1. The third-order valence-electron chi connectivity index (χ3n) is 3.92. The molecule has 0 saturated carbocycles. The van der Waals surface area contributed by atoms with Crippen LogP contribution in [-0.4, -0.2) is 34.8 Å². The van der Waals surface area contributed by atoms with Crippen molar-refractivity contribution in [2.24, 2.45) is 0 Å². The van der Waals surface area contributed by atoms with Gasteiger partial charge in [-0.1, -0.05) is 13.3 Å². The molecule has 6 nitrogen and oxygen atoms in total. The number of hydrogen-bond acceptors (Lipinski definition) is 4. The van der Waals surface area contributed by atoms with Gasteiger partial charge in [-0.3, -0.25) is 0 Å². The Morgan fingerprint density at radius 3 is 2.76 bits per heavy atom. The highest BCUT2D eigenvalue weighted by Gasteiger charge is 2.12. The molecule has 25 heavy (non-hydrogen) atoms. The second kappa shape index (κ2) is 7.25. The molecule has 1 heterocycles. The number of benzene rings is 2. The third-order valence-corrected chi connectivity index (χ3v) is 3.92. The smallest absolute Gasteiger partial charge is 0.335 e. The van der Waals surface area contributed by atoms with E-state index in [2.05, 4.69) is 16.9 Å². The van der Waals surface area contributed by atoms with Crippen molar-refractivity contribution in [2.75, 3.05) is 13.7 Å². The van der Waals surface area contributed by atoms with Crippen LogP contribution >= 0.6 is 0 Å². The zero-order valence-corrected chi connectivity index (χ0v) is 14.2. The lowest BCUT2D eigenvalue weighted by Crippen LogP contribution is -1.99. The van der Waals surface area contributed by atoms with Crippen molar-refractivity contribution >= 4 is 17.0 Å². The van der Waals surface area contributed by atoms with Gasteiger partial charge in [0, 0.05) is 5.56 Å². The minimum absolute atomic E-state index is 0.222. The van der Waals surface area contributed by atoms with Gasteiger partial charge in [-0.25, -0.2) is 9.78 Å². The first-order valence-corrected chi connectivity index (χ1v) is 8.16. The number of carbonyl (C=O) groups is 1. The van der Waals surface area contributed by atoms with E-state index < -0.39 is 5.97 Å². The first-order chi connectivity index (χ1) is 12.1. The van der Waals surface area contributed by atoms with Gasteiger partial charge in [-0.15, -0.1) is 0 Å². The topological polar surface area (TPSA) is 84.4 Å². The van der Waals surface area contributed by atoms with Gasteiger partial charge in [-0.05, 0) is 42.8 Å². The Morgan fingerprint density at radius 2 is 2.04 bits per heavy atom. The Hall–Kier alpha value is -3.02. The van der Waals surface area contributed by atoms with E-state index in [4.69, 9.17) is 14.6 Å². The summed E-state index contributed by atoms with van der Waals surface area (Å²) in [7, 11) is 1.60. The van der Waals surface area contributed by atoms with Gasteiger partial charge in [0.1, 0.15) is 5.82 Å². The molecule has 0 unspecified atom stereocenters. The van der Waals surface area contributed by atoms with Crippen molar-refractivity contribution in [1.82, 2.24) is 9.97 Å². The molecule has 130 valence electrons. The maximum atomic E-state index is 11.1. The number of unbranched alkanes of at least 4 members (excludes halogenated alkanes) is 1. The van der Waals surface area contributed by atoms with Crippen molar-refractivity contribution in [3.05, 3.63) is 42.0 Å². The summed E-state index contributed by atoms with van der Waals surface area (Å²) in [6, 6.07) is 10.4. The van der Waals surface area contributed by atoms with Gasteiger partial charge >= 0.3 is 5.97 Å². The highest BCUT2D eigenvalue weighted by atomic mass is 16.5. The molecule has 0 saturated heterocycles. The van der Waals surface area contributed by atoms with E-state index in [1.165, 1.54) is 0 Å². The van der Waals surface area contributed by atoms with E-state index in [0.29, 0.717) is 35.0 Å². The molecule has 3 rings (SSSR count). The quantitative estimate of drug-likeness (QED) is 0.632. The number of carboxylic acids is 1.